The fourth-order valence-corrected chi connectivity index (χ4v) is 4.89. The Morgan fingerprint density at radius 2 is 1.82 bits per heavy atom. The largest absolute Gasteiger partial charge is 0.323 e. The van der Waals surface area contributed by atoms with Crippen molar-refractivity contribution in [1.29, 1.82) is 0 Å². The molecule has 8 nitrogen and oxygen atoms in total. The van der Waals surface area contributed by atoms with Gasteiger partial charge in [0.25, 0.3) is 11.8 Å². The van der Waals surface area contributed by atoms with Crippen LogP contribution in [0.25, 0.3) is 0 Å². The third-order valence-electron chi connectivity index (χ3n) is 6.59. The molecule has 39 heavy (non-hydrogen) atoms. The van der Waals surface area contributed by atoms with Gasteiger partial charge in [-0.15, -0.1) is 0 Å². The van der Waals surface area contributed by atoms with Gasteiger partial charge < -0.3 is 10.2 Å². The maximum Gasteiger partial charge on any atom is 0.273 e. The summed E-state index contributed by atoms with van der Waals surface area (Å²) in [5, 5.41) is 2.96. The van der Waals surface area contributed by atoms with Crippen LogP contribution in [0.2, 0.25) is 5.02 Å². The molecule has 9 heteroatoms. The zero-order chi connectivity index (χ0) is 27.5. The van der Waals surface area contributed by atoms with E-state index in [9.17, 15) is 14.4 Å². The lowest BCUT2D eigenvalue weighted by atomic mass is 9.99. The van der Waals surface area contributed by atoms with E-state index in [-0.39, 0.29) is 47.4 Å². The summed E-state index contributed by atoms with van der Waals surface area (Å²) in [5.41, 5.74) is 4.40. The Labute approximate surface area is 231 Å². The normalized spacial score (nSPS) is 15.1. The molecule has 0 aliphatic carbocycles. The van der Waals surface area contributed by atoms with Crippen molar-refractivity contribution < 1.29 is 14.4 Å². The quantitative estimate of drug-likeness (QED) is 0.378. The van der Waals surface area contributed by atoms with E-state index in [0.29, 0.717) is 22.6 Å². The predicted octanol–water partition coefficient (Wildman–Crippen LogP) is 4.77. The summed E-state index contributed by atoms with van der Waals surface area (Å²) in [6.07, 6.45) is 5.34. The van der Waals surface area contributed by atoms with Crippen LogP contribution >= 0.6 is 11.6 Å². The number of amides is 2. The number of hydrogen-bond acceptors (Lipinski definition) is 6. The molecule has 0 bridgehead atoms. The van der Waals surface area contributed by atoms with Gasteiger partial charge in [0, 0.05) is 43.7 Å². The first-order chi connectivity index (χ1) is 18.8. The molecule has 0 radical (unpaired) electrons. The van der Waals surface area contributed by atoms with Crippen LogP contribution in [0.5, 0.6) is 0 Å². The second-order valence-corrected chi connectivity index (χ2v) is 10.0. The monoisotopic (exact) mass is 539 g/mol. The van der Waals surface area contributed by atoms with Gasteiger partial charge in [-0.05, 0) is 66.4 Å². The predicted molar refractivity (Wildman–Crippen MR) is 148 cm³/mol. The van der Waals surface area contributed by atoms with Gasteiger partial charge in [-0.2, -0.15) is 0 Å². The second kappa shape index (κ2) is 11.1. The zero-order valence-corrected chi connectivity index (χ0v) is 22.3. The van der Waals surface area contributed by atoms with Crippen LogP contribution in [0.15, 0.2) is 73.2 Å². The SMILES string of the molecule is Cc1ccc(NC(=O)c2ccc(CN3C(=O)c4ncc(C)cc4CC(=O)C3Cc3ccccn3)cc2Cl)nc1. The number of anilines is 1. The molecule has 0 saturated heterocycles. The number of hydrogen-bond donors (Lipinski definition) is 1. The molecule has 3 aromatic heterocycles. The van der Waals surface area contributed by atoms with Crippen LogP contribution in [0.3, 0.4) is 0 Å². The van der Waals surface area contributed by atoms with Crippen molar-refractivity contribution in [3.8, 4) is 0 Å². The third-order valence-corrected chi connectivity index (χ3v) is 6.90. The Morgan fingerprint density at radius 1 is 1.00 bits per heavy atom. The molecule has 2 amide bonds. The number of aryl methyl sites for hydroxylation is 2. The third kappa shape index (κ3) is 5.86. The number of nitrogens with one attached hydrogen (secondary N) is 1. The van der Waals surface area contributed by atoms with E-state index in [1.54, 1.807) is 48.9 Å². The second-order valence-electron chi connectivity index (χ2n) is 9.63. The Morgan fingerprint density at radius 3 is 2.54 bits per heavy atom. The molecule has 5 rings (SSSR count). The van der Waals surface area contributed by atoms with E-state index < -0.39 is 11.9 Å². The van der Waals surface area contributed by atoms with Crippen molar-refractivity contribution in [1.82, 2.24) is 19.9 Å². The minimum atomic E-state index is -0.740. The van der Waals surface area contributed by atoms with E-state index in [0.717, 1.165) is 11.1 Å². The highest BCUT2D eigenvalue weighted by molar-refractivity contribution is 6.34. The van der Waals surface area contributed by atoms with Gasteiger partial charge in [-0.25, -0.2) is 4.98 Å². The summed E-state index contributed by atoms with van der Waals surface area (Å²) in [6.45, 7) is 3.90. The summed E-state index contributed by atoms with van der Waals surface area (Å²) in [4.78, 5) is 54.6. The first kappa shape index (κ1) is 26.2. The van der Waals surface area contributed by atoms with Crippen molar-refractivity contribution >= 4 is 35.0 Å². The number of pyridine rings is 3. The van der Waals surface area contributed by atoms with Gasteiger partial charge >= 0.3 is 0 Å². The van der Waals surface area contributed by atoms with Crippen LogP contribution in [-0.4, -0.2) is 43.5 Å². The molecule has 0 fully saturated rings. The number of halogens is 1. The maximum atomic E-state index is 13.8. The van der Waals surface area contributed by atoms with E-state index in [4.69, 9.17) is 11.6 Å². The topological polar surface area (TPSA) is 105 Å². The molecular weight excluding hydrogens is 514 g/mol. The molecule has 1 atom stereocenters. The zero-order valence-electron chi connectivity index (χ0n) is 21.5. The van der Waals surface area contributed by atoms with Crippen LogP contribution in [0.4, 0.5) is 5.82 Å². The van der Waals surface area contributed by atoms with E-state index >= 15 is 0 Å². The lowest BCUT2D eigenvalue weighted by Gasteiger charge is -2.29. The summed E-state index contributed by atoms with van der Waals surface area (Å²) >= 11 is 6.52. The molecule has 0 saturated carbocycles. The Hall–Kier alpha value is -4.43. The molecule has 1 aromatic carbocycles. The molecule has 4 aromatic rings. The van der Waals surface area contributed by atoms with Crippen molar-refractivity contribution in [3.63, 3.8) is 0 Å². The van der Waals surface area contributed by atoms with E-state index in [1.807, 2.05) is 38.1 Å². The minimum absolute atomic E-state index is 0.0900. The first-order valence-corrected chi connectivity index (χ1v) is 12.9. The number of benzene rings is 1. The van der Waals surface area contributed by atoms with E-state index in [1.165, 1.54) is 4.90 Å². The number of rotatable bonds is 6. The first-order valence-electron chi connectivity index (χ1n) is 12.5. The number of carbonyl (C=O) groups is 3. The van der Waals surface area contributed by atoms with Gasteiger partial charge in [-0.1, -0.05) is 35.9 Å². The Kier molecular flexibility index (Phi) is 7.47. The average Bonchev–Trinajstić information content (AvgIpc) is 3.00. The van der Waals surface area contributed by atoms with Gasteiger partial charge in [0.15, 0.2) is 5.78 Å². The molecule has 1 aliphatic rings. The summed E-state index contributed by atoms with van der Waals surface area (Å²) < 4.78 is 0. The number of Topliss-reactive ketones (excluding diaryl/α,β-unsaturated/α-hetero) is 1. The number of fused-ring (bicyclic) bond motifs is 1. The molecule has 1 unspecified atom stereocenters. The van der Waals surface area contributed by atoms with E-state index in [2.05, 4.69) is 20.3 Å². The number of ketones is 1. The Balaban J connectivity index is 1.44. The van der Waals surface area contributed by atoms with Gasteiger partial charge in [0.2, 0.25) is 0 Å². The van der Waals surface area contributed by atoms with Crippen molar-refractivity contribution in [2.75, 3.05) is 5.32 Å². The highest BCUT2D eigenvalue weighted by Crippen LogP contribution is 2.26. The summed E-state index contributed by atoms with van der Waals surface area (Å²) in [7, 11) is 0. The average molecular weight is 540 g/mol. The van der Waals surface area contributed by atoms with Crippen LogP contribution in [-0.2, 0) is 24.2 Å². The molecule has 4 heterocycles. The van der Waals surface area contributed by atoms with Crippen LogP contribution < -0.4 is 5.32 Å². The number of nitrogens with zero attached hydrogens (tertiary/aromatic N) is 4. The fraction of sp³-hybridized carbons (Fsp3) is 0.200. The van der Waals surface area contributed by atoms with Crippen LogP contribution in [0, 0.1) is 13.8 Å². The Bertz CT molecular complexity index is 1560. The highest BCUT2D eigenvalue weighted by atomic mass is 35.5. The molecule has 1 N–H and O–H groups in total. The maximum absolute atomic E-state index is 13.8. The summed E-state index contributed by atoms with van der Waals surface area (Å²) in [5.74, 6) is -0.406. The van der Waals surface area contributed by atoms with Gasteiger partial charge in [0.1, 0.15) is 11.5 Å². The summed E-state index contributed by atoms with van der Waals surface area (Å²) in [6, 6.07) is 15.1. The molecule has 0 spiro atoms. The van der Waals surface area contributed by atoms with Crippen LogP contribution in [0.1, 0.15) is 48.8 Å². The van der Waals surface area contributed by atoms with Gasteiger partial charge in [0.05, 0.1) is 16.6 Å². The molecular formula is C30H26ClN5O3. The lowest BCUT2D eigenvalue weighted by molar-refractivity contribution is -0.122. The van der Waals surface area contributed by atoms with Gasteiger partial charge in [-0.3, -0.25) is 24.4 Å². The standard InChI is InChI=1S/C30H26ClN5O3/c1-18-6-9-27(33-15-18)35-29(38)23-8-7-20(12-24(23)31)17-36-25(14-22-5-3-4-10-32-22)26(37)13-21-11-19(2)16-34-28(21)30(36)39/h3-12,15-16,25H,13-14,17H2,1-2H3,(H,33,35,38). The minimum Gasteiger partial charge on any atom is -0.323 e. The number of carbonyl (C=O) groups excluding carboxylic acids is 3. The smallest absolute Gasteiger partial charge is 0.273 e. The fourth-order valence-electron chi connectivity index (χ4n) is 4.60. The lowest BCUT2D eigenvalue weighted by Crippen LogP contribution is -2.45. The highest BCUT2D eigenvalue weighted by Gasteiger charge is 2.36. The molecule has 196 valence electrons. The molecule has 1 aliphatic heterocycles. The van der Waals surface area contributed by atoms with Crippen molar-refractivity contribution in [2.45, 2.75) is 39.3 Å². The van der Waals surface area contributed by atoms with Crippen molar-refractivity contribution in [2.24, 2.45) is 0 Å². The number of aromatic nitrogens is 3. The van der Waals surface area contributed by atoms with Crippen molar-refractivity contribution in [3.05, 3.63) is 117 Å².